The molecule has 98 valence electrons. The van der Waals surface area contributed by atoms with Gasteiger partial charge in [0.25, 0.3) is 5.91 Å². The summed E-state index contributed by atoms with van der Waals surface area (Å²) in [5.41, 5.74) is 0.605. The van der Waals surface area contributed by atoms with Crippen LogP contribution in [0.4, 0.5) is 0 Å². The summed E-state index contributed by atoms with van der Waals surface area (Å²) in [5.74, 6) is 1.16. The van der Waals surface area contributed by atoms with Crippen LogP contribution in [0, 0.1) is 5.92 Å². The van der Waals surface area contributed by atoms with E-state index >= 15 is 0 Å². The number of hydrogen-bond donors (Lipinski definition) is 2. The van der Waals surface area contributed by atoms with Gasteiger partial charge in [-0.15, -0.1) is 0 Å². The van der Waals surface area contributed by atoms with Gasteiger partial charge in [0.1, 0.15) is 5.75 Å². The molecule has 1 fully saturated rings. The third-order valence-corrected chi connectivity index (χ3v) is 3.36. The van der Waals surface area contributed by atoms with Crippen molar-refractivity contribution in [3.8, 4) is 5.75 Å². The van der Waals surface area contributed by atoms with Crippen molar-refractivity contribution in [1.29, 1.82) is 0 Å². The molecule has 0 radical (unpaired) electrons. The average Bonchev–Trinajstić information content (AvgIpc) is 2.45. The van der Waals surface area contributed by atoms with E-state index in [1.165, 1.54) is 0 Å². The van der Waals surface area contributed by atoms with Gasteiger partial charge in [0.05, 0.1) is 12.7 Å². The molecule has 0 spiro atoms. The van der Waals surface area contributed by atoms with E-state index in [0.29, 0.717) is 17.2 Å². The largest absolute Gasteiger partial charge is 0.496 e. The first-order valence-corrected chi connectivity index (χ1v) is 6.43. The summed E-state index contributed by atoms with van der Waals surface area (Å²) in [6.45, 7) is 2.85. The number of carbonyl (C=O) groups excluding carboxylic acids is 1. The number of rotatable bonds is 4. The van der Waals surface area contributed by atoms with Gasteiger partial charge in [-0.3, -0.25) is 4.79 Å². The lowest BCUT2D eigenvalue weighted by atomic mass is 9.98. The minimum absolute atomic E-state index is 0.0500. The smallest absolute Gasteiger partial charge is 0.255 e. The van der Waals surface area contributed by atoms with Crippen LogP contribution >= 0.6 is 0 Å². The molecule has 1 heterocycles. The standard InChI is InChI=1S/C14H20N2O2/c1-18-13-5-3-2-4-12(13)14(17)16-10-11-6-8-15-9-7-11/h2-5,11,15H,6-10H2,1H3,(H,16,17). The van der Waals surface area contributed by atoms with E-state index in [1.54, 1.807) is 19.2 Å². The van der Waals surface area contributed by atoms with E-state index in [-0.39, 0.29) is 5.91 Å². The van der Waals surface area contributed by atoms with Crippen molar-refractivity contribution in [3.63, 3.8) is 0 Å². The third-order valence-electron chi connectivity index (χ3n) is 3.36. The summed E-state index contributed by atoms with van der Waals surface area (Å²) in [4.78, 5) is 12.1. The quantitative estimate of drug-likeness (QED) is 0.847. The Balaban J connectivity index is 1.90. The van der Waals surface area contributed by atoms with Crippen molar-refractivity contribution in [2.24, 2.45) is 5.92 Å². The number of amides is 1. The number of para-hydroxylation sites is 1. The number of methoxy groups -OCH3 is 1. The highest BCUT2D eigenvalue weighted by molar-refractivity contribution is 5.96. The van der Waals surface area contributed by atoms with Crippen LogP contribution in [0.5, 0.6) is 5.75 Å². The summed E-state index contributed by atoms with van der Waals surface area (Å²) in [5, 5.41) is 6.32. The Morgan fingerprint density at radius 3 is 2.83 bits per heavy atom. The van der Waals surface area contributed by atoms with Crippen molar-refractivity contribution in [1.82, 2.24) is 10.6 Å². The maximum atomic E-state index is 12.1. The Morgan fingerprint density at radius 2 is 2.11 bits per heavy atom. The van der Waals surface area contributed by atoms with Crippen molar-refractivity contribution < 1.29 is 9.53 Å². The first-order valence-electron chi connectivity index (χ1n) is 6.43. The van der Waals surface area contributed by atoms with Gasteiger partial charge >= 0.3 is 0 Å². The Bertz CT molecular complexity index is 401. The van der Waals surface area contributed by atoms with E-state index in [4.69, 9.17) is 4.74 Å². The molecule has 0 bridgehead atoms. The summed E-state index contributed by atoms with van der Waals surface area (Å²) in [6, 6.07) is 7.31. The van der Waals surface area contributed by atoms with E-state index < -0.39 is 0 Å². The highest BCUT2D eigenvalue weighted by Gasteiger charge is 2.16. The van der Waals surface area contributed by atoms with E-state index in [9.17, 15) is 4.79 Å². The van der Waals surface area contributed by atoms with Gasteiger partial charge in [0.2, 0.25) is 0 Å². The Labute approximate surface area is 108 Å². The van der Waals surface area contributed by atoms with Crippen LogP contribution < -0.4 is 15.4 Å². The lowest BCUT2D eigenvalue weighted by molar-refractivity contribution is 0.0941. The second-order valence-corrected chi connectivity index (χ2v) is 4.60. The molecule has 4 heteroatoms. The molecule has 1 aromatic carbocycles. The Kier molecular flexibility index (Phi) is 4.59. The fourth-order valence-corrected chi connectivity index (χ4v) is 2.25. The lowest BCUT2D eigenvalue weighted by Crippen LogP contribution is -2.36. The van der Waals surface area contributed by atoms with Crippen LogP contribution in [-0.4, -0.2) is 32.7 Å². The van der Waals surface area contributed by atoms with Crippen molar-refractivity contribution in [2.75, 3.05) is 26.7 Å². The average molecular weight is 248 g/mol. The molecule has 1 aliphatic heterocycles. The van der Waals surface area contributed by atoms with Crippen molar-refractivity contribution >= 4 is 5.91 Å². The molecule has 0 saturated carbocycles. The summed E-state index contributed by atoms with van der Waals surface area (Å²) in [6.07, 6.45) is 2.26. The SMILES string of the molecule is COc1ccccc1C(=O)NCC1CCNCC1. The topological polar surface area (TPSA) is 50.4 Å². The molecule has 1 saturated heterocycles. The second kappa shape index (κ2) is 6.40. The predicted molar refractivity (Wildman–Crippen MR) is 70.9 cm³/mol. The molecule has 0 aromatic heterocycles. The minimum atomic E-state index is -0.0500. The van der Waals surface area contributed by atoms with Gasteiger partial charge in [0.15, 0.2) is 0 Å². The molecule has 2 N–H and O–H groups in total. The number of nitrogens with one attached hydrogen (secondary N) is 2. The molecule has 0 unspecified atom stereocenters. The molecular weight excluding hydrogens is 228 g/mol. The first-order chi connectivity index (χ1) is 8.81. The zero-order valence-electron chi connectivity index (χ0n) is 10.7. The van der Waals surface area contributed by atoms with E-state index in [2.05, 4.69) is 10.6 Å². The third kappa shape index (κ3) is 3.23. The van der Waals surface area contributed by atoms with E-state index in [0.717, 1.165) is 32.5 Å². The molecular formula is C14H20N2O2. The zero-order chi connectivity index (χ0) is 12.8. The van der Waals surface area contributed by atoms with Gasteiger partial charge in [-0.05, 0) is 44.0 Å². The molecule has 1 amide bonds. The Hall–Kier alpha value is -1.55. The van der Waals surface area contributed by atoms with Gasteiger partial charge < -0.3 is 15.4 Å². The van der Waals surface area contributed by atoms with Crippen molar-refractivity contribution in [3.05, 3.63) is 29.8 Å². The van der Waals surface area contributed by atoms with Crippen LogP contribution in [0.2, 0.25) is 0 Å². The highest BCUT2D eigenvalue weighted by Crippen LogP contribution is 2.17. The molecule has 0 aliphatic carbocycles. The van der Waals surface area contributed by atoms with Gasteiger partial charge in [0, 0.05) is 6.54 Å². The fraction of sp³-hybridized carbons (Fsp3) is 0.500. The molecule has 1 aromatic rings. The number of benzene rings is 1. The second-order valence-electron chi connectivity index (χ2n) is 4.60. The number of piperidine rings is 1. The van der Waals surface area contributed by atoms with Gasteiger partial charge in [-0.1, -0.05) is 12.1 Å². The van der Waals surface area contributed by atoms with Crippen LogP contribution in [0.1, 0.15) is 23.2 Å². The van der Waals surface area contributed by atoms with Gasteiger partial charge in [-0.25, -0.2) is 0 Å². The van der Waals surface area contributed by atoms with Crippen LogP contribution in [0.15, 0.2) is 24.3 Å². The van der Waals surface area contributed by atoms with Gasteiger partial charge in [-0.2, -0.15) is 0 Å². The summed E-state index contributed by atoms with van der Waals surface area (Å²) < 4.78 is 5.19. The fourth-order valence-electron chi connectivity index (χ4n) is 2.25. The predicted octanol–water partition coefficient (Wildman–Crippen LogP) is 1.42. The maximum Gasteiger partial charge on any atom is 0.255 e. The number of hydrogen-bond acceptors (Lipinski definition) is 3. The lowest BCUT2D eigenvalue weighted by Gasteiger charge is -2.22. The van der Waals surface area contributed by atoms with Crippen molar-refractivity contribution in [2.45, 2.75) is 12.8 Å². The molecule has 4 nitrogen and oxygen atoms in total. The maximum absolute atomic E-state index is 12.1. The number of carbonyl (C=O) groups is 1. The minimum Gasteiger partial charge on any atom is -0.496 e. The molecule has 0 atom stereocenters. The zero-order valence-corrected chi connectivity index (χ0v) is 10.7. The summed E-state index contributed by atoms with van der Waals surface area (Å²) >= 11 is 0. The normalized spacial score (nSPS) is 16.3. The Morgan fingerprint density at radius 1 is 1.39 bits per heavy atom. The molecule has 2 rings (SSSR count). The van der Waals surface area contributed by atoms with Crippen LogP contribution in [0.25, 0.3) is 0 Å². The summed E-state index contributed by atoms with van der Waals surface area (Å²) in [7, 11) is 1.58. The monoisotopic (exact) mass is 248 g/mol. The van der Waals surface area contributed by atoms with Crippen LogP contribution in [-0.2, 0) is 0 Å². The number of ether oxygens (including phenoxy) is 1. The van der Waals surface area contributed by atoms with E-state index in [1.807, 2.05) is 12.1 Å². The molecule has 18 heavy (non-hydrogen) atoms. The first kappa shape index (κ1) is 12.9. The highest BCUT2D eigenvalue weighted by atomic mass is 16.5. The van der Waals surface area contributed by atoms with Crippen LogP contribution in [0.3, 0.4) is 0 Å². The molecule has 1 aliphatic rings.